The van der Waals surface area contributed by atoms with Crippen LogP contribution in [-0.2, 0) is 28.9 Å². The van der Waals surface area contributed by atoms with E-state index >= 15 is 0 Å². The van der Waals surface area contributed by atoms with Crippen molar-refractivity contribution in [2.45, 2.75) is 26.3 Å². The molecule has 0 atom stereocenters. The number of fused-ring (bicyclic) bond motifs is 3. The van der Waals surface area contributed by atoms with Gasteiger partial charge in [-0.05, 0) is 37.5 Å². The van der Waals surface area contributed by atoms with Gasteiger partial charge in [-0.2, -0.15) is 5.10 Å². The molecule has 2 N–H and O–H groups in total. The molecule has 1 aromatic heterocycles. The first-order valence-corrected chi connectivity index (χ1v) is 10.1. The highest BCUT2D eigenvalue weighted by molar-refractivity contribution is 5.80. The Bertz CT molecular complexity index is 982. The van der Waals surface area contributed by atoms with E-state index in [1.807, 2.05) is 43.3 Å². The molecule has 29 heavy (non-hydrogen) atoms. The lowest BCUT2D eigenvalue weighted by atomic mass is 9.90. The summed E-state index contributed by atoms with van der Waals surface area (Å²) in [5.74, 6) is 0.814. The fourth-order valence-corrected chi connectivity index (χ4v) is 3.69. The number of amides is 1. The molecule has 0 fully saturated rings. The molecule has 0 spiro atoms. The highest BCUT2D eigenvalue weighted by Gasteiger charge is 2.25. The van der Waals surface area contributed by atoms with Crippen molar-refractivity contribution in [2.75, 3.05) is 25.1 Å². The smallest absolute Gasteiger partial charge is 0.241 e. The Balaban J connectivity index is 1.63. The normalized spacial score (nSPS) is 12.2. The number of hydrogen-bond acceptors (Lipinski definition) is 4. The number of aromatic nitrogens is 2. The first-order valence-electron chi connectivity index (χ1n) is 10.1. The van der Waals surface area contributed by atoms with E-state index in [-0.39, 0.29) is 12.5 Å². The summed E-state index contributed by atoms with van der Waals surface area (Å²) in [6, 6.07) is 18.4. The fourth-order valence-electron chi connectivity index (χ4n) is 3.69. The summed E-state index contributed by atoms with van der Waals surface area (Å²) in [6.07, 6.45) is 1.87. The van der Waals surface area contributed by atoms with Gasteiger partial charge in [-0.3, -0.25) is 4.79 Å². The van der Waals surface area contributed by atoms with Crippen LogP contribution in [0.1, 0.15) is 18.1 Å². The molecule has 2 aromatic carbocycles. The molecule has 1 aliphatic carbocycles. The first-order chi connectivity index (χ1) is 14.3. The molecule has 6 heteroatoms. The number of ether oxygens (including phenoxy) is 1. The SMILES string of the molecule is CCOCCNC(=O)Cn1nc2c(c1Nc1ccccc1)CCc1ccccc1-2. The highest BCUT2D eigenvalue weighted by Crippen LogP contribution is 2.37. The van der Waals surface area contributed by atoms with Crippen LogP contribution in [0.5, 0.6) is 0 Å². The molecule has 1 aliphatic rings. The summed E-state index contributed by atoms with van der Waals surface area (Å²) >= 11 is 0. The largest absolute Gasteiger partial charge is 0.380 e. The van der Waals surface area contributed by atoms with E-state index < -0.39 is 0 Å². The van der Waals surface area contributed by atoms with Gasteiger partial charge in [-0.25, -0.2) is 4.68 Å². The molecule has 0 bridgehead atoms. The lowest BCUT2D eigenvalue weighted by Gasteiger charge is -2.16. The number of carbonyl (C=O) groups is 1. The van der Waals surface area contributed by atoms with Crippen molar-refractivity contribution in [3.8, 4) is 11.3 Å². The van der Waals surface area contributed by atoms with E-state index in [4.69, 9.17) is 9.84 Å². The Morgan fingerprint density at radius 1 is 1.10 bits per heavy atom. The number of aryl methyl sites for hydroxylation is 1. The Hall–Kier alpha value is -3.12. The summed E-state index contributed by atoms with van der Waals surface area (Å²) in [4.78, 5) is 12.5. The van der Waals surface area contributed by atoms with Crippen molar-refractivity contribution in [1.82, 2.24) is 15.1 Å². The predicted molar refractivity (Wildman–Crippen MR) is 114 cm³/mol. The second kappa shape index (κ2) is 8.92. The molecular weight excluding hydrogens is 364 g/mol. The van der Waals surface area contributed by atoms with Crippen LogP contribution < -0.4 is 10.6 Å². The van der Waals surface area contributed by atoms with Crippen LogP contribution >= 0.6 is 0 Å². The van der Waals surface area contributed by atoms with Gasteiger partial charge in [0, 0.05) is 30.0 Å². The van der Waals surface area contributed by atoms with Crippen LogP contribution in [0.2, 0.25) is 0 Å². The molecule has 1 heterocycles. The first kappa shape index (κ1) is 19.2. The van der Waals surface area contributed by atoms with E-state index in [9.17, 15) is 4.79 Å². The minimum absolute atomic E-state index is 0.0750. The molecule has 3 aromatic rings. The number of rotatable bonds is 8. The number of para-hydroxylation sites is 1. The van der Waals surface area contributed by atoms with E-state index in [2.05, 4.69) is 28.8 Å². The van der Waals surface area contributed by atoms with Gasteiger partial charge in [0.25, 0.3) is 0 Å². The fraction of sp³-hybridized carbons (Fsp3) is 0.304. The van der Waals surface area contributed by atoms with Crippen molar-refractivity contribution >= 4 is 17.4 Å². The molecule has 0 unspecified atom stereocenters. The third kappa shape index (κ3) is 4.32. The van der Waals surface area contributed by atoms with Gasteiger partial charge in [-0.15, -0.1) is 0 Å². The summed E-state index contributed by atoms with van der Waals surface area (Å²) in [5, 5.41) is 11.2. The zero-order chi connectivity index (χ0) is 20.1. The average Bonchev–Trinajstić information content (AvgIpc) is 3.09. The number of anilines is 2. The zero-order valence-electron chi connectivity index (χ0n) is 16.6. The second-order valence-electron chi connectivity index (χ2n) is 7.03. The maximum Gasteiger partial charge on any atom is 0.241 e. The van der Waals surface area contributed by atoms with Crippen LogP contribution in [-0.4, -0.2) is 35.4 Å². The van der Waals surface area contributed by atoms with Crippen molar-refractivity contribution in [3.63, 3.8) is 0 Å². The van der Waals surface area contributed by atoms with Gasteiger partial charge in [0.1, 0.15) is 12.4 Å². The summed E-state index contributed by atoms with van der Waals surface area (Å²) < 4.78 is 7.08. The lowest BCUT2D eigenvalue weighted by molar-refractivity contribution is -0.122. The van der Waals surface area contributed by atoms with Crippen LogP contribution in [0, 0.1) is 0 Å². The van der Waals surface area contributed by atoms with Crippen molar-refractivity contribution in [2.24, 2.45) is 0 Å². The van der Waals surface area contributed by atoms with Crippen molar-refractivity contribution in [3.05, 3.63) is 65.7 Å². The van der Waals surface area contributed by atoms with Gasteiger partial charge in [0.15, 0.2) is 0 Å². The molecule has 6 nitrogen and oxygen atoms in total. The summed E-state index contributed by atoms with van der Waals surface area (Å²) in [7, 11) is 0. The summed E-state index contributed by atoms with van der Waals surface area (Å²) in [5.41, 5.74) is 5.56. The minimum atomic E-state index is -0.0750. The molecule has 0 aliphatic heterocycles. The predicted octanol–water partition coefficient (Wildman–Crippen LogP) is 3.55. The maximum absolute atomic E-state index is 12.5. The Labute approximate surface area is 170 Å². The molecule has 0 saturated heterocycles. The molecular formula is C23H26N4O2. The van der Waals surface area contributed by atoms with Gasteiger partial charge >= 0.3 is 0 Å². The molecule has 150 valence electrons. The van der Waals surface area contributed by atoms with Crippen LogP contribution in [0.25, 0.3) is 11.3 Å². The average molecular weight is 390 g/mol. The molecule has 1 amide bonds. The van der Waals surface area contributed by atoms with E-state index in [0.29, 0.717) is 19.8 Å². The number of carbonyl (C=O) groups excluding carboxylic acids is 1. The van der Waals surface area contributed by atoms with Gasteiger partial charge < -0.3 is 15.4 Å². The van der Waals surface area contributed by atoms with Crippen molar-refractivity contribution < 1.29 is 9.53 Å². The Kier molecular flexibility index (Phi) is 5.91. The van der Waals surface area contributed by atoms with Gasteiger partial charge in [0.05, 0.1) is 12.3 Å². The summed E-state index contributed by atoms with van der Waals surface area (Å²) in [6.45, 7) is 3.76. The number of hydrogen-bond donors (Lipinski definition) is 2. The number of nitrogens with one attached hydrogen (secondary N) is 2. The monoisotopic (exact) mass is 390 g/mol. The van der Waals surface area contributed by atoms with E-state index in [1.54, 1.807) is 4.68 Å². The highest BCUT2D eigenvalue weighted by atomic mass is 16.5. The third-order valence-electron chi connectivity index (χ3n) is 5.07. The second-order valence-corrected chi connectivity index (χ2v) is 7.03. The number of nitrogens with zero attached hydrogens (tertiary/aromatic N) is 2. The topological polar surface area (TPSA) is 68.2 Å². The standard InChI is InChI=1S/C23H26N4O2/c1-2-29-15-14-24-21(28)16-27-23(25-18-9-4-3-5-10-18)20-13-12-17-8-6-7-11-19(17)22(20)26-27/h3-11,25H,2,12-16H2,1H3,(H,24,28). The minimum Gasteiger partial charge on any atom is -0.380 e. The Morgan fingerprint density at radius 2 is 1.90 bits per heavy atom. The molecule has 4 rings (SSSR count). The van der Waals surface area contributed by atoms with Crippen LogP contribution in [0.3, 0.4) is 0 Å². The maximum atomic E-state index is 12.5. The quantitative estimate of drug-likeness (QED) is 0.577. The van der Waals surface area contributed by atoms with E-state index in [1.165, 1.54) is 5.56 Å². The van der Waals surface area contributed by atoms with Crippen molar-refractivity contribution in [1.29, 1.82) is 0 Å². The third-order valence-corrected chi connectivity index (χ3v) is 5.07. The zero-order valence-corrected chi connectivity index (χ0v) is 16.6. The Morgan fingerprint density at radius 3 is 2.72 bits per heavy atom. The molecule has 0 radical (unpaired) electrons. The van der Waals surface area contributed by atoms with Gasteiger partial charge in [0.2, 0.25) is 5.91 Å². The van der Waals surface area contributed by atoms with Crippen LogP contribution in [0.4, 0.5) is 11.5 Å². The lowest BCUT2D eigenvalue weighted by Crippen LogP contribution is -2.31. The van der Waals surface area contributed by atoms with Crippen LogP contribution in [0.15, 0.2) is 54.6 Å². The van der Waals surface area contributed by atoms with E-state index in [0.717, 1.165) is 41.2 Å². The van der Waals surface area contributed by atoms with Gasteiger partial charge in [-0.1, -0.05) is 42.5 Å². The molecule has 0 saturated carbocycles. The number of benzene rings is 2.